The van der Waals surface area contributed by atoms with Crippen molar-refractivity contribution >= 4 is 29.8 Å². The second-order valence-electron chi connectivity index (χ2n) is 4.21. The van der Waals surface area contributed by atoms with Crippen LogP contribution in [0.1, 0.15) is 11.1 Å². The number of phenolic OH excluding ortho intramolecular Hbond substituents is 1. The summed E-state index contributed by atoms with van der Waals surface area (Å²) in [4.78, 5) is 11.5. The summed E-state index contributed by atoms with van der Waals surface area (Å²) in [6.45, 7) is 0. The minimum atomic E-state index is -0.333. The van der Waals surface area contributed by atoms with Crippen LogP contribution in [0.3, 0.4) is 0 Å². The van der Waals surface area contributed by atoms with Gasteiger partial charge in [0.05, 0.1) is 6.21 Å². The summed E-state index contributed by atoms with van der Waals surface area (Å²) in [5.41, 5.74) is 4.03. The minimum absolute atomic E-state index is 0.182. The molecule has 4 nitrogen and oxygen atoms in total. The smallest absolute Gasteiger partial charge is 0.264 e. The molecule has 1 amide bonds. The van der Waals surface area contributed by atoms with Gasteiger partial charge in [-0.05, 0) is 53.6 Å². The van der Waals surface area contributed by atoms with Crippen LogP contribution in [0, 0.1) is 0 Å². The Morgan fingerprint density at radius 2 is 1.67 bits per heavy atom. The molecular weight excluding hydrogens is 288 g/mol. The number of benzene rings is 2. The van der Waals surface area contributed by atoms with E-state index in [4.69, 9.17) is 16.7 Å². The van der Waals surface area contributed by atoms with Crippen LogP contribution in [0.2, 0.25) is 5.02 Å². The van der Waals surface area contributed by atoms with Gasteiger partial charge >= 0.3 is 0 Å². The highest BCUT2D eigenvalue weighted by molar-refractivity contribution is 6.30. The number of hydrogen-bond acceptors (Lipinski definition) is 3. The molecule has 2 aromatic rings. The molecule has 2 aromatic carbocycles. The molecule has 0 atom stereocenters. The lowest BCUT2D eigenvalue weighted by Gasteiger charge is -1.96. The first-order valence-electron chi connectivity index (χ1n) is 6.19. The van der Waals surface area contributed by atoms with Crippen molar-refractivity contribution in [1.29, 1.82) is 0 Å². The third kappa shape index (κ3) is 5.12. The molecule has 0 aliphatic carbocycles. The van der Waals surface area contributed by atoms with E-state index in [1.54, 1.807) is 42.5 Å². The van der Waals surface area contributed by atoms with Gasteiger partial charge in [-0.2, -0.15) is 5.10 Å². The summed E-state index contributed by atoms with van der Waals surface area (Å²) in [5.74, 6) is -0.151. The van der Waals surface area contributed by atoms with Gasteiger partial charge in [0.1, 0.15) is 5.75 Å². The summed E-state index contributed by atoms with van der Waals surface area (Å²) in [5, 5.41) is 13.6. The standard InChI is InChI=1S/C16H13ClN2O2/c17-14-6-1-12(2-7-14)5-10-16(21)19-18-11-13-3-8-15(20)9-4-13/h1-11,20H,(H,19,21)/b10-5?,18-11+. The minimum Gasteiger partial charge on any atom is -0.508 e. The van der Waals surface area contributed by atoms with E-state index < -0.39 is 0 Å². The van der Waals surface area contributed by atoms with Crippen molar-refractivity contribution in [1.82, 2.24) is 5.43 Å². The molecule has 0 saturated heterocycles. The highest BCUT2D eigenvalue weighted by atomic mass is 35.5. The Balaban J connectivity index is 1.87. The molecule has 0 spiro atoms. The number of rotatable bonds is 4. The van der Waals surface area contributed by atoms with Gasteiger partial charge in [0.2, 0.25) is 0 Å². The van der Waals surface area contributed by atoms with Crippen molar-refractivity contribution in [3.63, 3.8) is 0 Å². The number of phenols is 1. The van der Waals surface area contributed by atoms with Crippen molar-refractivity contribution < 1.29 is 9.90 Å². The maximum absolute atomic E-state index is 11.5. The number of nitrogens with one attached hydrogen (secondary N) is 1. The van der Waals surface area contributed by atoms with Gasteiger partial charge in [0.25, 0.3) is 5.91 Å². The fourth-order valence-electron chi connectivity index (χ4n) is 1.51. The molecule has 0 aliphatic rings. The Labute approximate surface area is 127 Å². The first kappa shape index (κ1) is 14.8. The van der Waals surface area contributed by atoms with Gasteiger partial charge in [0, 0.05) is 11.1 Å². The maximum Gasteiger partial charge on any atom is 0.264 e. The normalized spacial score (nSPS) is 11.1. The number of amides is 1. The second kappa shape index (κ2) is 7.26. The van der Waals surface area contributed by atoms with E-state index >= 15 is 0 Å². The molecule has 2 rings (SSSR count). The lowest BCUT2D eigenvalue weighted by molar-refractivity contribution is -0.116. The molecule has 0 aromatic heterocycles. The van der Waals surface area contributed by atoms with Crippen LogP contribution in [0.4, 0.5) is 0 Å². The topological polar surface area (TPSA) is 61.7 Å². The van der Waals surface area contributed by atoms with E-state index in [0.717, 1.165) is 11.1 Å². The molecule has 2 N–H and O–H groups in total. The Kier molecular flexibility index (Phi) is 5.12. The molecule has 0 bridgehead atoms. The van der Waals surface area contributed by atoms with Crippen molar-refractivity contribution in [3.8, 4) is 5.75 Å². The monoisotopic (exact) mass is 300 g/mol. The van der Waals surface area contributed by atoms with Crippen molar-refractivity contribution in [2.45, 2.75) is 0 Å². The van der Waals surface area contributed by atoms with E-state index in [2.05, 4.69) is 10.5 Å². The number of nitrogens with zero attached hydrogens (tertiary/aromatic N) is 1. The van der Waals surface area contributed by atoms with E-state index in [-0.39, 0.29) is 11.7 Å². The quantitative estimate of drug-likeness (QED) is 0.517. The number of aromatic hydroxyl groups is 1. The lowest BCUT2D eigenvalue weighted by atomic mass is 10.2. The third-order valence-corrected chi connectivity index (χ3v) is 2.83. The van der Waals surface area contributed by atoms with Crippen LogP contribution >= 0.6 is 11.6 Å². The van der Waals surface area contributed by atoms with Crippen LogP contribution in [-0.4, -0.2) is 17.2 Å². The number of hydrogen-bond donors (Lipinski definition) is 2. The van der Waals surface area contributed by atoms with E-state index in [1.165, 1.54) is 12.3 Å². The Morgan fingerprint density at radius 3 is 2.33 bits per heavy atom. The average molecular weight is 301 g/mol. The van der Waals surface area contributed by atoms with Gasteiger partial charge < -0.3 is 5.11 Å². The fourth-order valence-corrected chi connectivity index (χ4v) is 1.64. The Bertz CT molecular complexity index is 662. The number of hydrazone groups is 1. The number of halogens is 1. The van der Waals surface area contributed by atoms with Crippen LogP contribution in [0.25, 0.3) is 6.08 Å². The van der Waals surface area contributed by atoms with Gasteiger partial charge in [-0.3, -0.25) is 4.79 Å². The molecule has 106 valence electrons. The van der Waals surface area contributed by atoms with Crippen molar-refractivity contribution in [2.75, 3.05) is 0 Å². The Hall–Kier alpha value is -2.59. The maximum atomic E-state index is 11.5. The zero-order chi connectivity index (χ0) is 15.1. The van der Waals surface area contributed by atoms with E-state index in [1.807, 2.05) is 12.1 Å². The van der Waals surface area contributed by atoms with E-state index in [0.29, 0.717) is 5.02 Å². The SMILES string of the molecule is O=C(C=Cc1ccc(Cl)cc1)N/N=C/c1ccc(O)cc1. The van der Waals surface area contributed by atoms with Crippen LogP contribution in [-0.2, 0) is 4.79 Å². The van der Waals surface area contributed by atoms with Gasteiger partial charge in [-0.15, -0.1) is 0 Å². The predicted octanol–water partition coefficient (Wildman–Crippen LogP) is 3.21. The van der Waals surface area contributed by atoms with Gasteiger partial charge in [-0.1, -0.05) is 23.7 Å². The summed E-state index contributed by atoms with van der Waals surface area (Å²) in [6, 6.07) is 13.6. The summed E-state index contributed by atoms with van der Waals surface area (Å²) < 4.78 is 0. The van der Waals surface area contributed by atoms with E-state index in [9.17, 15) is 4.79 Å². The molecule has 0 fully saturated rings. The third-order valence-electron chi connectivity index (χ3n) is 2.58. The molecule has 0 heterocycles. The zero-order valence-corrected chi connectivity index (χ0v) is 11.8. The molecule has 0 radical (unpaired) electrons. The van der Waals surface area contributed by atoms with Gasteiger partial charge in [-0.25, -0.2) is 5.43 Å². The highest BCUT2D eigenvalue weighted by Crippen LogP contribution is 2.10. The summed E-state index contributed by atoms with van der Waals surface area (Å²) in [7, 11) is 0. The first-order chi connectivity index (χ1) is 10.1. The summed E-state index contributed by atoms with van der Waals surface area (Å²) >= 11 is 5.77. The highest BCUT2D eigenvalue weighted by Gasteiger charge is 1.93. The van der Waals surface area contributed by atoms with Crippen LogP contribution < -0.4 is 5.43 Å². The molecule has 0 aliphatic heterocycles. The van der Waals surface area contributed by atoms with Crippen LogP contribution in [0.15, 0.2) is 59.7 Å². The average Bonchev–Trinajstić information content (AvgIpc) is 2.49. The van der Waals surface area contributed by atoms with Crippen molar-refractivity contribution in [3.05, 3.63) is 70.8 Å². The van der Waals surface area contributed by atoms with Gasteiger partial charge in [0.15, 0.2) is 0 Å². The molecule has 5 heteroatoms. The molecule has 21 heavy (non-hydrogen) atoms. The van der Waals surface area contributed by atoms with Crippen LogP contribution in [0.5, 0.6) is 5.75 Å². The molecular formula is C16H13ClN2O2. The zero-order valence-electron chi connectivity index (χ0n) is 11.0. The molecule has 0 saturated carbocycles. The Morgan fingerprint density at radius 1 is 1.05 bits per heavy atom. The first-order valence-corrected chi connectivity index (χ1v) is 6.57. The summed E-state index contributed by atoms with van der Waals surface area (Å²) in [6.07, 6.45) is 4.55. The number of carbonyl (C=O) groups is 1. The molecule has 0 unspecified atom stereocenters. The lowest BCUT2D eigenvalue weighted by Crippen LogP contribution is -2.14. The fraction of sp³-hybridized carbons (Fsp3) is 0. The second-order valence-corrected chi connectivity index (χ2v) is 4.65. The number of carbonyl (C=O) groups excluding carboxylic acids is 1. The largest absolute Gasteiger partial charge is 0.508 e. The van der Waals surface area contributed by atoms with Crippen molar-refractivity contribution in [2.24, 2.45) is 5.10 Å². The predicted molar refractivity (Wildman–Crippen MR) is 84.3 cm³/mol.